The van der Waals surface area contributed by atoms with Gasteiger partial charge < -0.3 is 15.3 Å². The van der Waals surface area contributed by atoms with Gasteiger partial charge in [-0.25, -0.2) is 9.48 Å². The van der Waals surface area contributed by atoms with Crippen molar-refractivity contribution in [2.24, 2.45) is 5.92 Å². The van der Waals surface area contributed by atoms with E-state index in [1.54, 1.807) is 12.1 Å². The molecule has 1 atom stereocenters. The van der Waals surface area contributed by atoms with Crippen LogP contribution in [0.4, 0.5) is 10.6 Å². The Balaban J connectivity index is 1.49. The van der Waals surface area contributed by atoms with Gasteiger partial charge in [-0.1, -0.05) is 120 Å². The van der Waals surface area contributed by atoms with Gasteiger partial charge in [0.25, 0.3) is 0 Å². The van der Waals surface area contributed by atoms with E-state index in [1.807, 2.05) is 83.5 Å². The molecule has 2 amide bonds. The summed E-state index contributed by atoms with van der Waals surface area (Å²) in [5.41, 5.74) is 4.35. The van der Waals surface area contributed by atoms with Gasteiger partial charge in [-0.05, 0) is 65.4 Å². The number of hydrogen-bond donors (Lipinski definition) is 2. The number of anilines is 1. The zero-order chi connectivity index (χ0) is 33.3. The fourth-order valence-corrected chi connectivity index (χ4v) is 7.24. The Bertz CT molecular complexity index is 2010. The lowest BCUT2D eigenvalue weighted by molar-refractivity contribution is -0.121. The van der Waals surface area contributed by atoms with Crippen molar-refractivity contribution >= 4 is 51.9 Å². The number of aromatic nitrogens is 2. The number of fused-ring (bicyclic) bond motifs is 1. The van der Waals surface area contributed by atoms with Crippen LogP contribution in [0.3, 0.4) is 0 Å². The summed E-state index contributed by atoms with van der Waals surface area (Å²) in [6.07, 6.45) is 0.166. The monoisotopic (exact) mass is 674 g/mol. The Morgan fingerprint density at radius 3 is 1.98 bits per heavy atom. The fraction of sp³-hybridized carbons (Fsp3) is 0.154. The van der Waals surface area contributed by atoms with Crippen molar-refractivity contribution in [3.63, 3.8) is 0 Å². The van der Waals surface area contributed by atoms with Crippen LogP contribution in [-0.4, -0.2) is 44.9 Å². The average molecular weight is 676 g/mol. The molecule has 1 aromatic heterocycles. The van der Waals surface area contributed by atoms with E-state index in [4.69, 9.17) is 28.3 Å². The minimum Gasteiger partial charge on any atom is -0.465 e. The van der Waals surface area contributed by atoms with Gasteiger partial charge in [-0.15, -0.1) is 0 Å². The highest BCUT2D eigenvalue weighted by atomic mass is 35.5. The second-order valence-electron chi connectivity index (χ2n) is 12.0. The summed E-state index contributed by atoms with van der Waals surface area (Å²) in [6.45, 7) is 0.541. The first-order valence-electron chi connectivity index (χ1n) is 15.8. The van der Waals surface area contributed by atoms with Gasteiger partial charge in [0.2, 0.25) is 5.91 Å². The minimum atomic E-state index is -1.02. The van der Waals surface area contributed by atoms with Crippen LogP contribution in [0, 0.1) is 5.92 Å². The standard InChI is InChI=1S/C39H32Cl2N4O3/c40-31-19-20-34(41)32(24-31)26-18-21-35-33(23-26)36(42-37(46)27-11-10-22-44(25-27)38(47)48)43-45(35)39(28-12-4-1-5-13-28,29-14-6-2-7-15-29)30-16-8-3-9-17-30/h1-9,12-21,23-24,27H,10-11,22,25H2,(H,47,48)(H,42,43,46)/t27-/m1/s1. The molecule has 48 heavy (non-hydrogen) atoms. The van der Waals surface area contributed by atoms with Crippen molar-refractivity contribution < 1.29 is 14.7 Å². The molecule has 0 aliphatic carbocycles. The van der Waals surface area contributed by atoms with Gasteiger partial charge in [-0.3, -0.25) is 4.79 Å². The number of hydrogen-bond acceptors (Lipinski definition) is 3. The molecule has 0 bridgehead atoms. The molecule has 0 saturated carbocycles. The van der Waals surface area contributed by atoms with E-state index in [-0.39, 0.29) is 12.5 Å². The summed E-state index contributed by atoms with van der Waals surface area (Å²) < 4.78 is 1.99. The number of benzene rings is 5. The number of likely N-dealkylation sites (tertiary alicyclic amines) is 1. The van der Waals surface area contributed by atoms with Gasteiger partial charge in [0.15, 0.2) is 5.82 Å². The number of carbonyl (C=O) groups is 2. The van der Waals surface area contributed by atoms with Crippen LogP contribution in [0.2, 0.25) is 10.0 Å². The van der Waals surface area contributed by atoms with Crippen molar-refractivity contribution in [3.8, 4) is 11.1 Å². The Hall–Kier alpha value is -5.11. The average Bonchev–Trinajstić information content (AvgIpc) is 3.48. The number of nitrogens with one attached hydrogen (secondary N) is 1. The first-order valence-corrected chi connectivity index (χ1v) is 16.6. The number of nitrogens with zero attached hydrogens (tertiary/aromatic N) is 3. The van der Waals surface area contributed by atoms with Gasteiger partial charge in [-0.2, -0.15) is 5.10 Å². The van der Waals surface area contributed by atoms with E-state index in [1.165, 1.54) is 4.90 Å². The van der Waals surface area contributed by atoms with Crippen LogP contribution in [0.15, 0.2) is 127 Å². The second-order valence-corrected chi connectivity index (χ2v) is 12.8. The highest BCUT2D eigenvalue weighted by Gasteiger charge is 2.41. The summed E-state index contributed by atoms with van der Waals surface area (Å²) in [4.78, 5) is 26.9. The highest BCUT2D eigenvalue weighted by Crippen LogP contribution is 2.44. The molecular formula is C39H32Cl2N4O3. The minimum absolute atomic E-state index is 0.130. The van der Waals surface area contributed by atoms with E-state index in [0.29, 0.717) is 40.6 Å². The second kappa shape index (κ2) is 13.2. The van der Waals surface area contributed by atoms with Crippen molar-refractivity contribution in [1.82, 2.24) is 14.7 Å². The molecule has 1 aliphatic rings. The van der Waals surface area contributed by atoms with Crippen LogP contribution in [0.5, 0.6) is 0 Å². The SMILES string of the molecule is O=C(Nc1nn(C(c2ccccc2)(c2ccccc2)c2ccccc2)c2ccc(-c3cc(Cl)ccc3Cl)cc12)[C@@H]1CCCN(C(=O)O)C1. The molecule has 9 heteroatoms. The van der Waals surface area contributed by atoms with E-state index < -0.39 is 17.6 Å². The zero-order valence-corrected chi connectivity index (χ0v) is 27.4. The summed E-state index contributed by atoms with van der Waals surface area (Å²) in [5, 5.41) is 19.8. The van der Waals surface area contributed by atoms with Crippen LogP contribution in [-0.2, 0) is 10.3 Å². The molecule has 2 heterocycles. The van der Waals surface area contributed by atoms with Crippen LogP contribution in [0.25, 0.3) is 22.0 Å². The maximum atomic E-state index is 13.9. The summed E-state index contributed by atoms with van der Waals surface area (Å²) in [7, 11) is 0. The zero-order valence-electron chi connectivity index (χ0n) is 25.9. The molecule has 6 aromatic rings. The number of rotatable bonds is 7. The van der Waals surface area contributed by atoms with Gasteiger partial charge in [0.05, 0.1) is 11.4 Å². The molecule has 1 fully saturated rings. The third-order valence-corrected chi connectivity index (χ3v) is 9.68. The molecule has 2 N–H and O–H groups in total. The Labute approximate surface area is 288 Å². The lowest BCUT2D eigenvalue weighted by Crippen LogP contribution is -2.43. The quantitative estimate of drug-likeness (QED) is 0.165. The van der Waals surface area contributed by atoms with Crippen LogP contribution < -0.4 is 5.32 Å². The smallest absolute Gasteiger partial charge is 0.407 e. The third kappa shape index (κ3) is 5.69. The van der Waals surface area contributed by atoms with E-state index in [2.05, 4.69) is 41.7 Å². The summed E-state index contributed by atoms with van der Waals surface area (Å²) in [5.74, 6) is -0.416. The molecule has 1 saturated heterocycles. The number of halogens is 2. The van der Waals surface area contributed by atoms with Crippen molar-refractivity contribution in [2.45, 2.75) is 18.4 Å². The predicted octanol–water partition coefficient (Wildman–Crippen LogP) is 9.18. The lowest BCUT2D eigenvalue weighted by Gasteiger charge is -2.37. The summed E-state index contributed by atoms with van der Waals surface area (Å²) in [6, 6.07) is 41.9. The van der Waals surface area contributed by atoms with Crippen molar-refractivity contribution in [1.29, 1.82) is 0 Å². The van der Waals surface area contributed by atoms with Crippen molar-refractivity contribution in [2.75, 3.05) is 18.4 Å². The first kappa shape index (κ1) is 31.5. The lowest BCUT2D eigenvalue weighted by atomic mass is 9.77. The largest absolute Gasteiger partial charge is 0.465 e. The molecular weight excluding hydrogens is 643 g/mol. The van der Waals surface area contributed by atoms with Crippen LogP contribution in [0.1, 0.15) is 29.5 Å². The van der Waals surface area contributed by atoms with E-state index in [9.17, 15) is 14.7 Å². The number of carbonyl (C=O) groups excluding carboxylic acids is 1. The number of amides is 2. The molecule has 5 aromatic carbocycles. The van der Waals surface area contributed by atoms with Gasteiger partial charge >= 0.3 is 6.09 Å². The maximum absolute atomic E-state index is 13.9. The summed E-state index contributed by atoms with van der Waals surface area (Å²) >= 11 is 13.1. The first-order chi connectivity index (χ1) is 23.4. The molecule has 7 nitrogen and oxygen atoms in total. The Morgan fingerprint density at radius 1 is 0.792 bits per heavy atom. The van der Waals surface area contributed by atoms with Gasteiger partial charge in [0, 0.05) is 34.1 Å². The normalized spacial score (nSPS) is 15.0. The topological polar surface area (TPSA) is 87.5 Å². The molecule has 0 radical (unpaired) electrons. The third-order valence-electron chi connectivity index (χ3n) is 9.12. The molecule has 0 spiro atoms. The molecule has 240 valence electrons. The maximum Gasteiger partial charge on any atom is 0.407 e. The number of piperidine rings is 1. The van der Waals surface area contributed by atoms with E-state index >= 15 is 0 Å². The molecule has 1 aliphatic heterocycles. The fourth-order valence-electron chi connectivity index (χ4n) is 6.84. The van der Waals surface area contributed by atoms with Gasteiger partial charge in [0.1, 0.15) is 5.54 Å². The molecule has 0 unspecified atom stereocenters. The molecule has 7 rings (SSSR count). The Morgan fingerprint density at radius 2 is 1.40 bits per heavy atom. The van der Waals surface area contributed by atoms with Crippen molar-refractivity contribution in [3.05, 3.63) is 154 Å². The predicted molar refractivity (Wildman–Crippen MR) is 191 cm³/mol. The van der Waals surface area contributed by atoms with E-state index in [0.717, 1.165) is 33.3 Å². The highest BCUT2D eigenvalue weighted by molar-refractivity contribution is 6.35. The van der Waals surface area contributed by atoms with Crippen LogP contribution >= 0.6 is 23.2 Å². The number of carboxylic acid groups (broad SMARTS) is 1. The Kier molecular flexibility index (Phi) is 8.65.